The van der Waals surface area contributed by atoms with E-state index >= 15 is 0 Å². The number of rotatable bonds is 8. The molecule has 0 heterocycles. The fourth-order valence-corrected chi connectivity index (χ4v) is 6.84. The van der Waals surface area contributed by atoms with Crippen molar-refractivity contribution in [2.24, 2.45) is 0 Å². The molecular formula is C44H38O2. The molecule has 0 saturated heterocycles. The normalized spacial score (nSPS) is 12.6. The summed E-state index contributed by atoms with van der Waals surface area (Å²) in [7, 11) is 1.71. The Morgan fingerprint density at radius 1 is 0.609 bits per heavy atom. The van der Waals surface area contributed by atoms with Gasteiger partial charge in [0.25, 0.3) is 0 Å². The molecule has 0 atom stereocenters. The van der Waals surface area contributed by atoms with Gasteiger partial charge in [0.1, 0.15) is 17.2 Å². The zero-order valence-electron chi connectivity index (χ0n) is 26.9. The Bertz CT molecular complexity index is 1980. The number of hydrogen-bond donors (Lipinski definition) is 0. The second kappa shape index (κ2) is 12.2. The second-order valence-corrected chi connectivity index (χ2v) is 12.4. The summed E-state index contributed by atoms with van der Waals surface area (Å²) in [4.78, 5) is 0. The Morgan fingerprint density at radius 2 is 1.15 bits per heavy atom. The summed E-state index contributed by atoms with van der Waals surface area (Å²) in [6.45, 7) is 6.40. The van der Waals surface area contributed by atoms with Gasteiger partial charge >= 0.3 is 0 Å². The number of methoxy groups -OCH3 is 1. The van der Waals surface area contributed by atoms with Crippen LogP contribution in [0.3, 0.4) is 0 Å². The molecule has 226 valence electrons. The van der Waals surface area contributed by atoms with Crippen LogP contribution in [-0.4, -0.2) is 7.11 Å². The van der Waals surface area contributed by atoms with Gasteiger partial charge in [-0.05, 0) is 114 Å². The lowest BCUT2D eigenvalue weighted by Crippen LogP contribution is -2.28. The van der Waals surface area contributed by atoms with Gasteiger partial charge in [-0.1, -0.05) is 120 Å². The topological polar surface area (TPSA) is 18.5 Å². The van der Waals surface area contributed by atoms with E-state index in [1.807, 2.05) is 0 Å². The van der Waals surface area contributed by atoms with Gasteiger partial charge in [-0.15, -0.1) is 0 Å². The largest absolute Gasteiger partial charge is 0.497 e. The maximum Gasteiger partial charge on any atom is 0.130 e. The van der Waals surface area contributed by atoms with Gasteiger partial charge in [-0.2, -0.15) is 0 Å². The van der Waals surface area contributed by atoms with Crippen LogP contribution in [0.1, 0.15) is 47.2 Å². The molecule has 0 saturated carbocycles. The van der Waals surface area contributed by atoms with E-state index in [0.29, 0.717) is 0 Å². The Morgan fingerprint density at radius 3 is 1.72 bits per heavy atom. The van der Waals surface area contributed by atoms with Gasteiger partial charge in [-0.3, -0.25) is 0 Å². The summed E-state index contributed by atoms with van der Waals surface area (Å²) in [5.41, 5.74) is 13.2. The van der Waals surface area contributed by atoms with Crippen LogP contribution in [0.25, 0.3) is 22.3 Å². The number of allylic oxidation sites excluding steroid dienone is 2. The van der Waals surface area contributed by atoms with E-state index in [-0.39, 0.29) is 0 Å². The Balaban J connectivity index is 1.30. The van der Waals surface area contributed by atoms with Gasteiger partial charge in [-0.25, -0.2) is 0 Å². The zero-order valence-corrected chi connectivity index (χ0v) is 26.9. The number of benzene rings is 6. The molecular weight excluding hydrogens is 560 g/mol. The van der Waals surface area contributed by atoms with Gasteiger partial charge in [0.05, 0.1) is 12.5 Å². The number of aryl methyl sites for hydroxylation is 1. The Labute approximate surface area is 272 Å². The van der Waals surface area contributed by atoms with Crippen molar-refractivity contribution in [3.63, 3.8) is 0 Å². The van der Waals surface area contributed by atoms with E-state index in [0.717, 1.165) is 29.2 Å². The fraction of sp³-hybridized carbons (Fsp3) is 0.136. The first-order chi connectivity index (χ1) is 22.5. The van der Waals surface area contributed by atoms with Gasteiger partial charge in [0.15, 0.2) is 0 Å². The lowest BCUT2D eigenvalue weighted by molar-refractivity contribution is 0.414. The number of hydrogen-bond acceptors (Lipinski definition) is 2. The minimum Gasteiger partial charge on any atom is -0.497 e. The van der Waals surface area contributed by atoms with E-state index in [1.165, 1.54) is 55.6 Å². The maximum absolute atomic E-state index is 6.63. The molecule has 46 heavy (non-hydrogen) atoms. The molecule has 2 heteroatoms. The zero-order chi connectivity index (χ0) is 31.7. The average Bonchev–Trinajstić information content (AvgIpc) is 3.40. The van der Waals surface area contributed by atoms with Crippen LogP contribution < -0.4 is 9.47 Å². The second-order valence-electron chi connectivity index (χ2n) is 12.4. The molecule has 1 aliphatic carbocycles. The van der Waals surface area contributed by atoms with Gasteiger partial charge < -0.3 is 9.47 Å². The van der Waals surface area contributed by atoms with Crippen molar-refractivity contribution in [3.05, 3.63) is 185 Å². The smallest absolute Gasteiger partial charge is 0.130 e. The van der Waals surface area contributed by atoms with Crippen molar-refractivity contribution in [2.75, 3.05) is 7.11 Å². The molecule has 1 aliphatic rings. The summed E-state index contributed by atoms with van der Waals surface area (Å²) >= 11 is 0. The molecule has 0 radical (unpaired) electrons. The minimum atomic E-state index is -0.470. The van der Waals surface area contributed by atoms with Gasteiger partial charge in [0.2, 0.25) is 0 Å². The molecule has 0 aliphatic heterocycles. The van der Waals surface area contributed by atoms with E-state index in [4.69, 9.17) is 9.47 Å². The standard InChI is InChI=1S/C44H38O2/c1-30(2)13-16-34-29-33(32-17-14-31(3)15-18-32)19-28-43(34)46-38-26-22-36(23-27-38)44(35-20-24-37(45-4)25-21-35)41-11-7-5-9-39(41)40-10-6-8-12-42(40)44/h5-15,17-29H,16H2,1-4H3. The molecule has 0 fully saturated rings. The summed E-state index contributed by atoms with van der Waals surface area (Å²) in [5, 5.41) is 0. The van der Waals surface area contributed by atoms with E-state index in [2.05, 4.69) is 166 Å². The molecule has 6 aromatic carbocycles. The molecule has 6 aromatic rings. The Hall–Kier alpha value is -5.34. The third-order valence-corrected chi connectivity index (χ3v) is 9.17. The molecule has 0 spiro atoms. The highest BCUT2D eigenvalue weighted by molar-refractivity contribution is 5.86. The Kier molecular flexibility index (Phi) is 7.80. The van der Waals surface area contributed by atoms with E-state index < -0.39 is 5.41 Å². The van der Waals surface area contributed by atoms with Crippen molar-refractivity contribution >= 4 is 0 Å². The number of ether oxygens (including phenoxy) is 2. The SMILES string of the molecule is COc1ccc(C2(c3ccc(Oc4ccc(-c5ccc(C)cc5)cc4CC=C(C)C)cc3)c3ccccc3-c3ccccc32)cc1. The van der Waals surface area contributed by atoms with Crippen LogP contribution in [0.2, 0.25) is 0 Å². The van der Waals surface area contributed by atoms with Crippen LogP contribution >= 0.6 is 0 Å². The summed E-state index contributed by atoms with van der Waals surface area (Å²) in [5.74, 6) is 2.54. The van der Waals surface area contributed by atoms with E-state index in [9.17, 15) is 0 Å². The van der Waals surface area contributed by atoms with Crippen molar-refractivity contribution in [3.8, 4) is 39.5 Å². The molecule has 0 aromatic heterocycles. The highest BCUT2D eigenvalue weighted by atomic mass is 16.5. The minimum absolute atomic E-state index is 0.470. The van der Waals surface area contributed by atoms with Crippen LogP contribution in [0.5, 0.6) is 17.2 Å². The lowest BCUT2D eigenvalue weighted by Gasteiger charge is -2.34. The quantitative estimate of drug-likeness (QED) is 0.162. The highest BCUT2D eigenvalue weighted by Gasteiger charge is 2.45. The summed E-state index contributed by atoms with van der Waals surface area (Å²) < 4.78 is 12.2. The van der Waals surface area contributed by atoms with Crippen LogP contribution in [0.4, 0.5) is 0 Å². The summed E-state index contributed by atoms with van der Waals surface area (Å²) in [6.07, 6.45) is 3.07. The third-order valence-electron chi connectivity index (χ3n) is 9.17. The van der Waals surface area contributed by atoms with Gasteiger partial charge in [0, 0.05) is 0 Å². The number of fused-ring (bicyclic) bond motifs is 3. The van der Waals surface area contributed by atoms with Crippen molar-refractivity contribution in [2.45, 2.75) is 32.6 Å². The first-order valence-corrected chi connectivity index (χ1v) is 15.9. The average molecular weight is 599 g/mol. The van der Waals surface area contributed by atoms with Crippen molar-refractivity contribution in [1.29, 1.82) is 0 Å². The maximum atomic E-state index is 6.63. The van der Waals surface area contributed by atoms with Crippen LogP contribution in [0.15, 0.2) is 151 Å². The molecule has 0 amide bonds. The van der Waals surface area contributed by atoms with Crippen LogP contribution in [0, 0.1) is 6.92 Å². The monoisotopic (exact) mass is 598 g/mol. The summed E-state index contributed by atoms with van der Waals surface area (Å²) in [6, 6.07) is 50.0. The fourth-order valence-electron chi connectivity index (χ4n) is 6.84. The molecule has 0 N–H and O–H groups in total. The molecule has 2 nitrogen and oxygen atoms in total. The predicted octanol–water partition coefficient (Wildman–Crippen LogP) is 11.3. The highest BCUT2D eigenvalue weighted by Crippen LogP contribution is 2.56. The molecule has 0 bridgehead atoms. The van der Waals surface area contributed by atoms with E-state index in [1.54, 1.807) is 7.11 Å². The molecule has 0 unspecified atom stereocenters. The predicted molar refractivity (Wildman–Crippen MR) is 190 cm³/mol. The first-order valence-electron chi connectivity index (χ1n) is 15.9. The third kappa shape index (κ3) is 5.20. The first kappa shape index (κ1) is 29.4. The lowest BCUT2D eigenvalue weighted by atomic mass is 9.68. The van der Waals surface area contributed by atoms with Crippen molar-refractivity contribution < 1.29 is 9.47 Å². The van der Waals surface area contributed by atoms with Crippen LogP contribution in [-0.2, 0) is 11.8 Å². The molecule has 7 rings (SSSR count). The van der Waals surface area contributed by atoms with Crippen molar-refractivity contribution in [1.82, 2.24) is 0 Å².